The Morgan fingerprint density at radius 3 is 2.82 bits per heavy atom. The lowest BCUT2D eigenvalue weighted by atomic mass is 10.2. The van der Waals surface area contributed by atoms with Gasteiger partial charge in [0, 0.05) is 23.0 Å². The predicted octanol–water partition coefficient (Wildman–Crippen LogP) is 3.01. The van der Waals surface area contributed by atoms with Gasteiger partial charge in [0.25, 0.3) is 0 Å². The zero-order valence-corrected chi connectivity index (χ0v) is 11.6. The molecular weight excluding hydrogens is 255 g/mol. The van der Waals surface area contributed by atoms with Crippen LogP contribution in [0.25, 0.3) is 0 Å². The largest absolute Gasteiger partial charge is 0.389 e. The molecule has 0 aliphatic heterocycles. The second-order valence-corrected chi connectivity index (χ2v) is 5.52. The molecule has 0 radical (unpaired) electrons. The van der Waals surface area contributed by atoms with Crippen molar-refractivity contribution < 1.29 is 4.39 Å². The van der Waals surface area contributed by atoms with Crippen molar-refractivity contribution in [3.8, 4) is 0 Å². The Hall–Kier alpha value is -0.810. The second kappa shape index (κ2) is 6.81. The van der Waals surface area contributed by atoms with Gasteiger partial charge < -0.3 is 11.1 Å². The fourth-order valence-corrected chi connectivity index (χ4v) is 2.26. The van der Waals surface area contributed by atoms with Crippen molar-refractivity contribution in [3.63, 3.8) is 0 Å². The van der Waals surface area contributed by atoms with Crippen molar-refractivity contribution in [3.05, 3.63) is 29.6 Å². The first kappa shape index (κ1) is 14.3. The Kier molecular flexibility index (Phi) is 5.71. The predicted molar refractivity (Wildman–Crippen MR) is 78.4 cm³/mol. The molecular formula is C12H17FN2S2. The van der Waals surface area contributed by atoms with Crippen LogP contribution < -0.4 is 11.1 Å². The molecule has 1 unspecified atom stereocenters. The Morgan fingerprint density at radius 2 is 2.29 bits per heavy atom. The molecule has 1 atom stereocenters. The molecule has 1 aromatic carbocycles. The summed E-state index contributed by atoms with van der Waals surface area (Å²) < 4.78 is 13.6. The van der Waals surface area contributed by atoms with Crippen molar-refractivity contribution >= 4 is 34.7 Å². The van der Waals surface area contributed by atoms with Gasteiger partial charge in [-0.25, -0.2) is 4.39 Å². The zero-order chi connectivity index (χ0) is 12.8. The van der Waals surface area contributed by atoms with E-state index in [1.165, 1.54) is 6.07 Å². The average molecular weight is 272 g/mol. The lowest BCUT2D eigenvalue weighted by molar-refractivity contribution is 0.625. The minimum atomic E-state index is -0.377. The van der Waals surface area contributed by atoms with Crippen LogP contribution in [0.1, 0.15) is 19.4 Å². The zero-order valence-electron chi connectivity index (χ0n) is 10.00. The smallest absolute Gasteiger partial charge is 0.135 e. The maximum absolute atomic E-state index is 13.6. The molecule has 94 valence electrons. The minimum absolute atomic E-state index is 0.0867. The third-order valence-electron chi connectivity index (χ3n) is 2.22. The summed E-state index contributed by atoms with van der Waals surface area (Å²) in [6, 6.07) is 5.14. The van der Waals surface area contributed by atoms with Gasteiger partial charge >= 0.3 is 0 Å². The normalized spacial score (nSPS) is 12.2. The van der Waals surface area contributed by atoms with Gasteiger partial charge in [-0.2, -0.15) is 11.8 Å². The van der Waals surface area contributed by atoms with Gasteiger partial charge in [-0.15, -0.1) is 0 Å². The quantitative estimate of drug-likeness (QED) is 0.781. The second-order valence-electron chi connectivity index (χ2n) is 3.76. The molecule has 0 bridgehead atoms. The summed E-state index contributed by atoms with van der Waals surface area (Å²) in [6.45, 7) is 4.19. The number of nitrogens with one attached hydrogen (secondary N) is 1. The van der Waals surface area contributed by atoms with Gasteiger partial charge in [-0.05, 0) is 30.9 Å². The highest BCUT2D eigenvalue weighted by molar-refractivity contribution is 7.99. The Bertz CT molecular complexity index is 396. The van der Waals surface area contributed by atoms with Crippen molar-refractivity contribution in [1.82, 2.24) is 0 Å². The van der Waals surface area contributed by atoms with E-state index in [-0.39, 0.29) is 10.8 Å². The van der Waals surface area contributed by atoms with E-state index >= 15 is 0 Å². The molecule has 1 rings (SSSR count). The van der Waals surface area contributed by atoms with Gasteiger partial charge in [0.2, 0.25) is 0 Å². The van der Waals surface area contributed by atoms with Crippen LogP contribution in [-0.4, -0.2) is 22.5 Å². The number of rotatable bonds is 6. The van der Waals surface area contributed by atoms with Crippen LogP contribution in [-0.2, 0) is 0 Å². The number of thioether (sulfide) groups is 1. The van der Waals surface area contributed by atoms with Crippen LogP contribution in [0.5, 0.6) is 0 Å². The van der Waals surface area contributed by atoms with Gasteiger partial charge in [0.05, 0.1) is 0 Å². The monoisotopic (exact) mass is 272 g/mol. The maximum atomic E-state index is 13.6. The molecule has 0 heterocycles. The summed E-state index contributed by atoms with van der Waals surface area (Å²) in [4.78, 5) is 0.0867. The summed E-state index contributed by atoms with van der Waals surface area (Å²) in [7, 11) is 0. The molecule has 0 aliphatic carbocycles. The van der Waals surface area contributed by atoms with Crippen molar-refractivity contribution in [2.45, 2.75) is 19.9 Å². The minimum Gasteiger partial charge on any atom is -0.389 e. The number of benzene rings is 1. The van der Waals surface area contributed by atoms with Crippen LogP contribution in [0.2, 0.25) is 0 Å². The molecule has 0 spiro atoms. The van der Waals surface area contributed by atoms with E-state index < -0.39 is 0 Å². The molecule has 17 heavy (non-hydrogen) atoms. The first-order valence-electron chi connectivity index (χ1n) is 5.48. The molecule has 0 amide bonds. The van der Waals surface area contributed by atoms with E-state index in [0.717, 1.165) is 17.2 Å². The third-order valence-corrected chi connectivity index (χ3v) is 3.58. The summed E-state index contributed by atoms with van der Waals surface area (Å²) in [5.41, 5.74) is 6.45. The van der Waals surface area contributed by atoms with Gasteiger partial charge in [-0.1, -0.05) is 19.1 Å². The summed E-state index contributed by atoms with van der Waals surface area (Å²) >= 11 is 6.60. The van der Waals surface area contributed by atoms with Crippen molar-refractivity contribution in [2.24, 2.45) is 5.73 Å². The van der Waals surface area contributed by atoms with E-state index in [0.29, 0.717) is 11.6 Å². The number of halogens is 1. The van der Waals surface area contributed by atoms with Crippen LogP contribution in [0.3, 0.4) is 0 Å². The van der Waals surface area contributed by atoms with Gasteiger partial charge in [0.1, 0.15) is 10.8 Å². The lowest BCUT2D eigenvalue weighted by Gasteiger charge is -2.15. The van der Waals surface area contributed by atoms with E-state index in [4.69, 9.17) is 18.0 Å². The Labute approximate surface area is 111 Å². The van der Waals surface area contributed by atoms with Crippen LogP contribution >= 0.6 is 24.0 Å². The fourth-order valence-electron chi connectivity index (χ4n) is 1.43. The maximum Gasteiger partial charge on any atom is 0.135 e. The molecule has 0 saturated heterocycles. The van der Waals surface area contributed by atoms with Crippen LogP contribution in [0, 0.1) is 5.82 Å². The van der Waals surface area contributed by atoms with Crippen molar-refractivity contribution in [2.75, 3.05) is 16.8 Å². The molecule has 0 fully saturated rings. The molecule has 1 aromatic rings. The first-order valence-corrected chi connectivity index (χ1v) is 7.04. The van der Waals surface area contributed by atoms with E-state index in [9.17, 15) is 4.39 Å². The Morgan fingerprint density at radius 1 is 1.59 bits per heavy atom. The van der Waals surface area contributed by atoms with Gasteiger partial charge in [0.15, 0.2) is 0 Å². The number of thiocarbonyl (C=S) groups is 1. The summed E-state index contributed by atoms with van der Waals surface area (Å²) in [5, 5.41) is 3.24. The molecule has 2 nitrogen and oxygen atoms in total. The van der Waals surface area contributed by atoms with E-state index in [2.05, 4.69) is 19.2 Å². The van der Waals surface area contributed by atoms with E-state index in [1.807, 2.05) is 11.8 Å². The highest BCUT2D eigenvalue weighted by Gasteiger charge is 2.07. The van der Waals surface area contributed by atoms with Crippen molar-refractivity contribution in [1.29, 1.82) is 0 Å². The summed E-state index contributed by atoms with van der Waals surface area (Å²) in [6.07, 6.45) is 0. The molecule has 0 saturated carbocycles. The van der Waals surface area contributed by atoms with E-state index in [1.54, 1.807) is 12.1 Å². The lowest BCUT2D eigenvalue weighted by Crippen LogP contribution is -2.18. The average Bonchev–Trinajstić information content (AvgIpc) is 2.26. The molecule has 0 aliphatic rings. The third kappa shape index (κ3) is 4.52. The number of nitrogens with two attached hydrogens (primary N) is 1. The van der Waals surface area contributed by atoms with Gasteiger partial charge in [-0.3, -0.25) is 0 Å². The standard InChI is InChI=1S/C12H17FN2S2/c1-3-17-7-8(2)15-9-4-5-10(12(14)16)11(13)6-9/h4-6,8,15H,3,7H2,1-2H3,(H2,14,16). The molecule has 0 aromatic heterocycles. The number of anilines is 1. The molecule has 5 heteroatoms. The number of hydrogen-bond donors (Lipinski definition) is 2. The first-order chi connectivity index (χ1) is 8.04. The van der Waals surface area contributed by atoms with Crippen LogP contribution in [0.4, 0.5) is 10.1 Å². The Balaban J connectivity index is 2.67. The topological polar surface area (TPSA) is 38.0 Å². The fraction of sp³-hybridized carbons (Fsp3) is 0.417. The molecule has 3 N–H and O–H groups in total. The highest BCUT2D eigenvalue weighted by Crippen LogP contribution is 2.16. The van der Waals surface area contributed by atoms with Crippen LogP contribution in [0.15, 0.2) is 18.2 Å². The number of hydrogen-bond acceptors (Lipinski definition) is 3. The SMILES string of the molecule is CCSCC(C)Nc1ccc(C(N)=S)c(F)c1. The summed E-state index contributed by atoms with van der Waals surface area (Å²) in [5.74, 6) is 1.70. The highest BCUT2D eigenvalue weighted by atomic mass is 32.2.